The Bertz CT molecular complexity index is 226. The predicted molar refractivity (Wildman–Crippen MR) is 96.7 cm³/mol. The molecule has 2 unspecified atom stereocenters. The van der Waals surface area contributed by atoms with Gasteiger partial charge in [-0.05, 0) is 18.8 Å². The maximum atomic E-state index is 11.5. The van der Waals surface area contributed by atoms with Gasteiger partial charge < -0.3 is 0 Å². The smallest absolute Gasteiger partial charge is 0.0932 e. The summed E-state index contributed by atoms with van der Waals surface area (Å²) in [5, 5.41) is 11.5. The molecule has 0 bridgehead atoms. The molecule has 0 N–H and O–H groups in total. The zero-order valence-corrected chi connectivity index (χ0v) is 15.3. The molecule has 0 aromatic heterocycles. The Labute approximate surface area is 140 Å². The Morgan fingerprint density at radius 1 is 0.682 bits per heavy atom. The molecule has 0 amide bonds. The minimum Gasteiger partial charge on any atom is -0.233 e. The van der Waals surface area contributed by atoms with E-state index in [1.54, 1.807) is 0 Å². The summed E-state index contributed by atoms with van der Waals surface area (Å²) < 4.78 is 0. The molecular formula is C21H41O. The third-order valence-electron chi connectivity index (χ3n) is 5.45. The molecule has 1 fully saturated rings. The van der Waals surface area contributed by atoms with Crippen LogP contribution in [0.2, 0.25) is 0 Å². The van der Waals surface area contributed by atoms with Gasteiger partial charge in [0.2, 0.25) is 0 Å². The van der Waals surface area contributed by atoms with E-state index >= 15 is 0 Å². The minimum absolute atomic E-state index is 0.235. The fourth-order valence-corrected chi connectivity index (χ4v) is 3.95. The van der Waals surface area contributed by atoms with Gasteiger partial charge in [0.15, 0.2) is 0 Å². The molecule has 0 aromatic carbocycles. The lowest BCUT2D eigenvalue weighted by Crippen LogP contribution is -2.18. The van der Waals surface area contributed by atoms with Crippen molar-refractivity contribution in [1.82, 2.24) is 0 Å². The van der Waals surface area contributed by atoms with E-state index < -0.39 is 0 Å². The second-order valence-corrected chi connectivity index (χ2v) is 7.69. The summed E-state index contributed by atoms with van der Waals surface area (Å²) >= 11 is 0. The van der Waals surface area contributed by atoms with Crippen molar-refractivity contribution in [3.63, 3.8) is 0 Å². The van der Waals surface area contributed by atoms with Crippen LogP contribution in [0.3, 0.4) is 0 Å². The van der Waals surface area contributed by atoms with Gasteiger partial charge in [0.05, 0.1) is 6.10 Å². The topological polar surface area (TPSA) is 19.9 Å². The molecule has 1 heteroatoms. The van der Waals surface area contributed by atoms with Crippen LogP contribution in [-0.2, 0) is 5.11 Å². The highest BCUT2D eigenvalue weighted by molar-refractivity contribution is 4.71. The van der Waals surface area contributed by atoms with Crippen LogP contribution in [0.25, 0.3) is 0 Å². The third-order valence-corrected chi connectivity index (χ3v) is 5.45. The molecule has 1 aliphatic carbocycles. The van der Waals surface area contributed by atoms with Crippen LogP contribution in [0.5, 0.6) is 0 Å². The van der Waals surface area contributed by atoms with E-state index in [9.17, 15) is 5.11 Å². The Kier molecular flexibility index (Phi) is 13.2. The summed E-state index contributed by atoms with van der Waals surface area (Å²) in [4.78, 5) is 0. The number of hydrogen-bond donors (Lipinski definition) is 0. The van der Waals surface area contributed by atoms with Gasteiger partial charge in [-0.25, -0.2) is 5.11 Å². The Hall–Kier alpha value is -0.0400. The highest BCUT2D eigenvalue weighted by Crippen LogP contribution is 2.28. The zero-order chi connectivity index (χ0) is 15.9. The zero-order valence-electron chi connectivity index (χ0n) is 15.3. The molecule has 22 heavy (non-hydrogen) atoms. The highest BCUT2D eigenvalue weighted by Gasteiger charge is 2.20. The van der Waals surface area contributed by atoms with Crippen molar-refractivity contribution in [2.24, 2.45) is 5.92 Å². The number of rotatable bonds is 14. The molecule has 1 rings (SSSR count). The molecule has 0 heterocycles. The van der Waals surface area contributed by atoms with E-state index in [2.05, 4.69) is 6.92 Å². The first kappa shape index (κ1) is 20.0. The maximum absolute atomic E-state index is 11.5. The fourth-order valence-electron chi connectivity index (χ4n) is 3.95. The van der Waals surface area contributed by atoms with Gasteiger partial charge in [0.1, 0.15) is 0 Å². The first-order valence-corrected chi connectivity index (χ1v) is 10.5. The van der Waals surface area contributed by atoms with Crippen molar-refractivity contribution in [2.45, 2.75) is 129 Å². The van der Waals surface area contributed by atoms with E-state index in [0.29, 0.717) is 0 Å². The lowest BCUT2D eigenvalue weighted by atomic mass is 9.84. The van der Waals surface area contributed by atoms with E-state index in [0.717, 1.165) is 18.8 Å². The first-order chi connectivity index (χ1) is 10.8. The second-order valence-electron chi connectivity index (χ2n) is 7.69. The van der Waals surface area contributed by atoms with Gasteiger partial charge in [-0.3, -0.25) is 0 Å². The Balaban J connectivity index is 1.73. The van der Waals surface area contributed by atoms with Gasteiger partial charge in [-0.2, -0.15) is 0 Å². The molecule has 0 spiro atoms. The van der Waals surface area contributed by atoms with Crippen LogP contribution in [0.1, 0.15) is 122 Å². The van der Waals surface area contributed by atoms with Crippen LogP contribution in [0.4, 0.5) is 0 Å². The van der Waals surface area contributed by atoms with Crippen molar-refractivity contribution >= 4 is 0 Å². The van der Waals surface area contributed by atoms with E-state index in [-0.39, 0.29) is 6.10 Å². The summed E-state index contributed by atoms with van der Waals surface area (Å²) in [6.45, 7) is 2.29. The number of hydrogen-bond acceptors (Lipinski definition) is 0. The third kappa shape index (κ3) is 11.5. The van der Waals surface area contributed by atoms with Crippen LogP contribution in [-0.4, -0.2) is 6.10 Å². The molecule has 1 nitrogen and oxygen atoms in total. The monoisotopic (exact) mass is 309 g/mol. The molecule has 2 atom stereocenters. The lowest BCUT2D eigenvalue weighted by molar-refractivity contribution is 0.0342. The van der Waals surface area contributed by atoms with Crippen LogP contribution in [0, 0.1) is 5.92 Å². The second kappa shape index (κ2) is 14.5. The van der Waals surface area contributed by atoms with E-state index in [4.69, 9.17) is 0 Å². The molecule has 0 saturated heterocycles. The predicted octanol–water partition coefficient (Wildman–Crippen LogP) is 7.46. The molecule has 0 aliphatic heterocycles. The van der Waals surface area contributed by atoms with Gasteiger partial charge in [-0.15, -0.1) is 0 Å². The molecule has 1 radical (unpaired) electrons. The van der Waals surface area contributed by atoms with Crippen molar-refractivity contribution < 1.29 is 5.11 Å². The summed E-state index contributed by atoms with van der Waals surface area (Å²) in [6, 6.07) is 0. The summed E-state index contributed by atoms with van der Waals surface area (Å²) in [6.07, 6.45) is 24.1. The Morgan fingerprint density at radius 3 is 1.68 bits per heavy atom. The molecule has 1 aliphatic rings. The van der Waals surface area contributed by atoms with Crippen molar-refractivity contribution in [1.29, 1.82) is 0 Å². The highest BCUT2D eigenvalue weighted by atomic mass is 16.3. The van der Waals surface area contributed by atoms with Gasteiger partial charge >= 0.3 is 0 Å². The van der Waals surface area contributed by atoms with Crippen molar-refractivity contribution in [3.8, 4) is 0 Å². The number of unbranched alkanes of at least 4 members (excludes halogenated alkanes) is 12. The van der Waals surface area contributed by atoms with Gasteiger partial charge in [0.25, 0.3) is 0 Å². The standard InChI is InChI=1S/C21H41O/c1-2-3-4-5-6-7-8-9-10-11-12-13-14-16-20-17-15-18-21(22)19-20/h20-21H,2-19H2,1H3. The molecule has 0 aromatic rings. The summed E-state index contributed by atoms with van der Waals surface area (Å²) in [5.41, 5.74) is 0. The largest absolute Gasteiger partial charge is 0.233 e. The first-order valence-electron chi connectivity index (χ1n) is 10.5. The molecular weight excluding hydrogens is 268 g/mol. The average molecular weight is 310 g/mol. The molecule has 131 valence electrons. The maximum Gasteiger partial charge on any atom is 0.0932 e. The van der Waals surface area contributed by atoms with E-state index in [1.165, 1.54) is 103 Å². The summed E-state index contributed by atoms with van der Waals surface area (Å²) in [5.74, 6) is 0.768. The van der Waals surface area contributed by atoms with Gasteiger partial charge in [-0.1, -0.05) is 110 Å². The van der Waals surface area contributed by atoms with Gasteiger partial charge in [0, 0.05) is 0 Å². The Morgan fingerprint density at radius 2 is 1.18 bits per heavy atom. The van der Waals surface area contributed by atoms with Crippen LogP contribution >= 0.6 is 0 Å². The normalized spacial score (nSPS) is 22.1. The van der Waals surface area contributed by atoms with Crippen molar-refractivity contribution in [3.05, 3.63) is 0 Å². The SMILES string of the molecule is CCCCCCCCCCCCCCCC1CCCC([O])C1. The van der Waals surface area contributed by atoms with E-state index in [1.807, 2.05) is 0 Å². The minimum atomic E-state index is -0.235. The quantitative estimate of drug-likeness (QED) is 0.297. The average Bonchev–Trinajstić information content (AvgIpc) is 2.52. The van der Waals surface area contributed by atoms with Crippen molar-refractivity contribution in [2.75, 3.05) is 0 Å². The van der Waals surface area contributed by atoms with Crippen LogP contribution in [0.15, 0.2) is 0 Å². The fraction of sp³-hybridized carbons (Fsp3) is 1.00. The molecule has 1 saturated carbocycles. The van der Waals surface area contributed by atoms with Crippen LogP contribution < -0.4 is 0 Å². The lowest BCUT2D eigenvalue weighted by Gasteiger charge is -2.24. The summed E-state index contributed by atoms with van der Waals surface area (Å²) in [7, 11) is 0.